The van der Waals surface area contributed by atoms with Gasteiger partial charge in [-0.15, -0.1) is 0 Å². The first-order chi connectivity index (χ1) is 7.02. The van der Waals surface area contributed by atoms with Crippen molar-refractivity contribution in [3.05, 3.63) is 29.7 Å². The molecule has 0 aliphatic carbocycles. The largest absolute Gasteiger partial charge is 0.433 e. The van der Waals surface area contributed by atoms with Crippen LogP contribution in [0.1, 0.15) is 11.3 Å². The molecule has 0 saturated heterocycles. The molecule has 0 bridgehead atoms. The van der Waals surface area contributed by atoms with Gasteiger partial charge < -0.3 is 0 Å². The fraction of sp³-hybridized carbons (Fsp3) is 0.125. The van der Waals surface area contributed by atoms with Crippen molar-refractivity contribution in [2.24, 2.45) is 0 Å². The predicted octanol–water partition coefficient (Wildman–Crippen LogP) is 1.62. The molecule has 0 N–H and O–H groups in total. The monoisotopic (exact) mass is 212 g/mol. The average Bonchev–Trinajstić information content (AvgIpc) is 2.57. The molecule has 4 nitrogen and oxygen atoms in total. The van der Waals surface area contributed by atoms with Crippen LogP contribution in [0.5, 0.6) is 0 Å². The molecule has 0 radical (unpaired) electrons. The third-order valence-electron chi connectivity index (χ3n) is 1.78. The molecule has 2 rings (SSSR count). The molecule has 2 aromatic rings. The van der Waals surface area contributed by atoms with Crippen LogP contribution in [0.3, 0.4) is 0 Å². The van der Waals surface area contributed by atoms with Gasteiger partial charge in [0.15, 0.2) is 5.65 Å². The summed E-state index contributed by atoms with van der Waals surface area (Å²) in [5, 5.41) is 12.3. The summed E-state index contributed by atoms with van der Waals surface area (Å²) in [5.41, 5.74) is -1.11. The minimum Gasteiger partial charge on any atom is -0.223 e. The lowest BCUT2D eigenvalue weighted by molar-refractivity contribution is -0.141. The summed E-state index contributed by atoms with van der Waals surface area (Å²) in [4.78, 5) is 3.33. The normalized spacial score (nSPS) is 11.6. The minimum absolute atomic E-state index is 0.0149. The van der Waals surface area contributed by atoms with Crippen LogP contribution in [0.15, 0.2) is 18.5 Å². The molecule has 0 atom stereocenters. The summed E-state index contributed by atoms with van der Waals surface area (Å²) in [6.07, 6.45) is -2.23. The van der Waals surface area contributed by atoms with Crippen LogP contribution < -0.4 is 0 Å². The van der Waals surface area contributed by atoms with Crippen LogP contribution in [-0.2, 0) is 6.18 Å². The van der Waals surface area contributed by atoms with E-state index in [0.717, 1.165) is 16.8 Å². The van der Waals surface area contributed by atoms with Gasteiger partial charge in [-0.25, -0.2) is 9.50 Å². The van der Waals surface area contributed by atoms with Crippen LogP contribution in [0, 0.1) is 11.3 Å². The highest BCUT2D eigenvalue weighted by molar-refractivity contribution is 5.53. The molecule has 0 aliphatic rings. The summed E-state index contributed by atoms with van der Waals surface area (Å²) in [6.45, 7) is 0. The zero-order valence-electron chi connectivity index (χ0n) is 7.15. The molecule has 0 amide bonds. The summed E-state index contributed by atoms with van der Waals surface area (Å²) >= 11 is 0. The molecule has 0 saturated carbocycles. The molecule has 2 aromatic heterocycles. The van der Waals surface area contributed by atoms with E-state index in [1.54, 1.807) is 6.07 Å². The zero-order chi connectivity index (χ0) is 11.1. The van der Waals surface area contributed by atoms with E-state index < -0.39 is 11.9 Å². The van der Waals surface area contributed by atoms with Crippen LogP contribution in [0.4, 0.5) is 13.2 Å². The van der Waals surface area contributed by atoms with Gasteiger partial charge in [-0.05, 0) is 6.07 Å². The Bertz CT molecular complexity index is 549. The van der Waals surface area contributed by atoms with E-state index in [2.05, 4.69) is 10.1 Å². The Morgan fingerprint density at radius 2 is 2.13 bits per heavy atom. The van der Waals surface area contributed by atoms with Crippen molar-refractivity contribution < 1.29 is 13.2 Å². The van der Waals surface area contributed by atoms with Crippen molar-refractivity contribution >= 4 is 5.65 Å². The van der Waals surface area contributed by atoms with Crippen LogP contribution in [-0.4, -0.2) is 14.6 Å². The molecule has 0 fully saturated rings. The molecule has 15 heavy (non-hydrogen) atoms. The van der Waals surface area contributed by atoms with E-state index in [1.807, 2.05) is 0 Å². The molecule has 76 valence electrons. The summed E-state index contributed by atoms with van der Waals surface area (Å²) in [7, 11) is 0. The molecular weight excluding hydrogens is 209 g/mol. The highest BCUT2D eigenvalue weighted by Crippen LogP contribution is 2.27. The Kier molecular flexibility index (Phi) is 1.86. The number of aromatic nitrogens is 3. The Hall–Kier alpha value is -2.10. The Morgan fingerprint density at radius 3 is 2.73 bits per heavy atom. The highest BCUT2D eigenvalue weighted by atomic mass is 19.4. The van der Waals surface area contributed by atoms with Gasteiger partial charge in [0.05, 0.1) is 6.20 Å². The summed E-state index contributed by atoms with van der Waals surface area (Å²) < 4.78 is 38.0. The van der Waals surface area contributed by atoms with Crippen LogP contribution in [0.2, 0.25) is 0 Å². The van der Waals surface area contributed by atoms with Gasteiger partial charge in [0.25, 0.3) is 0 Å². The first-order valence-electron chi connectivity index (χ1n) is 3.84. The second-order valence-electron chi connectivity index (χ2n) is 2.75. The summed E-state index contributed by atoms with van der Waals surface area (Å²) in [6, 6.07) is 2.52. The molecule has 0 aromatic carbocycles. The number of halogens is 3. The number of hydrogen-bond donors (Lipinski definition) is 0. The molecule has 2 heterocycles. The quantitative estimate of drug-likeness (QED) is 0.666. The number of nitrogens with zero attached hydrogens (tertiary/aromatic N) is 4. The molecule has 7 heteroatoms. The molecule has 0 aliphatic heterocycles. The van der Waals surface area contributed by atoms with E-state index in [4.69, 9.17) is 5.26 Å². The van der Waals surface area contributed by atoms with Gasteiger partial charge in [0, 0.05) is 6.20 Å². The van der Waals surface area contributed by atoms with Crippen molar-refractivity contribution in [1.29, 1.82) is 5.26 Å². The maximum absolute atomic E-state index is 12.3. The van der Waals surface area contributed by atoms with Crippen molar-refractivity contribution in [3.8, 4) is 6.07 Å². The SMILES string of the molecule is N#Cc1cnn2ccc(C(F)(F)F)nc12. The Labute approximate surface area is 81.6 Å². The highest BCUT2D eigenvalue weighted by Gasteiger charge is 2.32. The lowest BCUT2D eigenvalue weighted by Gasteiger charge is -2.04. The minimum atomic E-state index is -4.52. The number of hydrogen-bond acceptors (Lipinski definition) is 3. The number of fused-ring (bicyclic) bond motifs is 1. The topological polar surface area (TPSA) is 54.0 Å². The second kappa shape index (κ2) is 2.95. The first-order valence-corrected chi connectivity index (χ1v) is 3.84. The fourth-order valence-electron chi connectivity index (χ4n) is 1.11. The van der Waals surface area contributed by atoms with Crippen molar-refractivity contribution in [2.45, 2.75) is 6.18 Å². The van der Waals surface area contributed by atoms with Crippen molar-refractivity contribution in [2.75, 3.05) is 0 Å². The summed E-state index contributed by atoms with van der Waals surface area (Å²) in [5.74, 6) is 0. The predicted molar refractivity (Wildman–Crippen MR) is 42.7 cm³/mol. The molecule has 0 unspecified atom stereocenters. The third-order valence-corrected chi connectivity index (χ3v) is 1.78. The van der Waals surface area contributed by atoms with Crippen LogP contribution in [0.25, 0.3) is 5.65 Å². The van der Waals surface area contributed by atoms with Gasteiger partial charge in [0.2, 0.25) is 0 Å². The van der Waals surface area contributed by atoms with E-state index in [-0.39, 0.29) is 11.2 Å². The first kappa shape index (κ1) is 9.45. The van der Waals surface area contributed by atoms with E-state index in [9.17, 15) is 13.2 Å². The Balaban J connectivity index is 2.69. The van der Waals surface area contributed by atoms with Gasteiger partial charge in [-0.2, -0.15) is 23.5 Å². The number of rotatable bonds is 0. The van der Waals surface area contributed by atoms with Gasteiger partial charge in [-0.3, -0.25) is 0 Å². The van der Waals surface area contributed by atoms with Gasteiger partial charge >= 0.3 is 6.18 Å². The fourth-order valence-corrected chi connectivity index (χ4v) is 1.11. The molecular formula is C8H3F3N4. The lowest BCUT2D eigenvalue weighted by atomic mass is 10.3. The standard InChI is InChI=1S/C8H3F3N4/c9-8(10,11)6-1-2-15-7(14-6)5(3-12)4-13-15/h1-2,4H. The second-order valence-corrected chi connectivity index (χ2v) is 2.75. The third kappa shape index (κ3) is 1.50. The van der Waals surface area contributed by atoms with Crippen molar-refractivity contribution in [3.63, 3.8) is 0 Å². The number of alkyl halides is 3. The maximum atomic E-state index is 12.3. The average molecular weight is 212 g/mol. The maximum Gasteiger partial charge on any atom is 0.433 e. The van der Waals surface area contributed by atoms with Gasteiger partial charge in [-0.1, -0.05) is 0 Å². The number of nitriles is 1. The van der Waals surface area contributed by atoms with E-state index >= 15 is 0 Å². The lowest BCUT2D eigenvalue weighted by Crippen LogP contribution is -2.09. The Morgan fingerprint density at radius 1 is 1.40 bits per heavy atom. The van der Waals surface area contributed by atoms with Gasteiger partial charge in [0.1, 0.15) is 17.3 Å². The smallest absolute Gasteiger partial charge is 0.223 e. The van der Waals surface area contributed by atoms with Crippen molar-refractivity contribution in [1.82, 2.24) is 14.6 Å². The zero-order valence-corrected chi connectivity index (χ0v) is 7.15. The van der Waals surface area contributed by atoms with E-state index in [1.165, 1.54) is 6.20 Å². The van der Waals surface area contributed by atoms with Crippen LogP contribution >= 0.6 is 0 Å². The van der Waals surface area contributed by atoms with E-state index in [0.29, 0.717) is 0 Å². The molecule has 0 spiro atoms.